The number of benzene rings is 8. The van der Waals surface area contributed by atoms with Gasteiger partial charge in [-0.2, -0.15) is 0 Å². The Kier molecular flexibility index (Phi) is 38.8. The lowest BCUT2D eigenvalue weighted by molar-refractivity contribution is -0.167. The molecule has 46 heteroatoms. The van der Waals surface area contributed by atoms with E-state index in [0.717, 1.165) is 69.6 Å². The fraction of sp³-hybridized carbons (Fsp3) is 0.412. The quantitative estimate of drug-likeness (QED) is 0.0118. The summed E-state index contributed by atoms with van der Waals surface area (Å²) in [6.07, 6.45) is 14.7. The summed E-state index contributed by atoms with van der Waals surface area (Å²) in [6.45, 7) is -2.95. The summed E-state index contributed by atoms with van der Waals surface area (Å²) >= 11 is 0. The van der Waals surface area contributed by atoms with E-state index in [2.05, 4.69) is 0 Å². The Balaban J connectivity index is 0.000000171. The van der Waals surface area contributed by atoms with Crippen LogP contribution in [0, 0.1) is 52.3 Å². The van der Waals surface area contributed by atoms with Crippen molar-refractivity contribution in [2.45, 2.75) is 134 Å². The molecule has 0 aromatic heterocycles. The maximum atomic E-state index is 13.3. The molecular formula is C97H96B5O36S5-5. The van der Waals surface area contributed by atoms with E-state index in [9.17, 15) is 118 Å². The van der Waals surface area contributed by atoms with E-state index in [0.29, 0.717) is 81.7 Å². The summed E-state index contributed by atoms with van der Waals surface area (Å²) in [4.78, 5) is 138. The van der Waals surface area contributed by atoms with Crippen molar-refractivity contribution in [2.75, 3.05) is 61.8 Å². The predicted octanol–water partition coefficient (Wildman–Crippen LogP) is 8.79. The Morgan fingerprint density at radius 3 is 0.937 bits per heavy atom. The first-order valence-corrected chi connectivity index (χ1v) is 53.4. The van der Waals surface area contributed by atoms with Crippen LogP contribution >= 0.6 is 0 Å². The van der Waals surface area contributed by atoms with Gasteiger partial charge in [-0.05, 0) is 197 Å². The van der Waals surface area contributed by atoms with E-state index in [1.165, 1.54) is 73.9 Å². The van der Waals surface area contributed by atoms with Crippen LogP contribution in [0.1, 0.15) is 203 Å². The molecule has 0 spiro atoms. The molecule has 750 valence electrons. The maximum absolute atomic E-state index is 13.3. The van der Waals surface area contributed by atoms with Gasteiger partial charge in [0.05, 0.1) is 146 Å². The van der Waals surface area contributed by atoms with Crippen LogP contribution in [0.15, 0.2) is 164 Å². The summed E-state index contributed by atoms with van der Waals surface area (Å²) < 4.78 is 212. The van der Waals surface area contributed by atoms with Gasteiger partial charge >= 0.3 is 59.7 Å². The van der Waals surface area contributed by atoms with Gasteiger partial charge in [-0.1, -0.05) is 164 Å². The van der Waals surface area contributed by atoms with Crippen molar-refractivity contribution >= 4 is 166 Å². The van der Waals surface area contributed by atoms with E-state index in [1.807, 2.05) is 18.2 Å². The molecule has 9 aliphatic carbocycles. The standard InChI is InChI=1S/C21H23BO8S.C21H25BO7S.C21H17BO7S.C17H21BO7S.C17H15BO7S/c22-11-12-1-2-16(19(24)29-3-4-31(26,27)28)17(7-12)30-20(25)21-8-13-5-14(9-21)18(23)15(6-13)10-21;22-12-13-1-2-17(19(23)28-3-4-30(25,26)27)18(8-13)29-20(24)21-9-14-5-15(10-21)7-16(6-14)11-21;22-13-14-8-9-18(20(23)28-10-11-30(25,26)27)19(12-14)29-21(24)17-7-3-5-15-4-1-2-6-16(15)17;2*18-11-12-6-7-14(17(20)24-8-9-26(21,22)23)15(10-12)25-16(19)13-4-2-1-3-5-13/h1-2,7,13-15H,3-6,8-11H2,(H,26,27,28);1-2,8,14-16H,3-7,9-12H2,(H,25,26,27);1-9,12H,10-11,13H2,(H,25,26,27);6-7,10,13H,1-5,8-9,11H2,(H,21,22,23);1-7,10H,8-9,11H2,(H,21,22,23)/p-5. The zero-order valence-corrected chi connectivity index (χ0v) is 81.3. The second kappa shape index (κ2) is 49.7. The number of ether oxygens (including phenoxy) is 10. The highest BCUT2D eigenvalue weighted by atomic mass is 32.2. The molecule has 8 aromatic rings. The molecule has 9 fully saturated rings. The highest BCUT2D eigenvalue weighted by molar-refractivity contribution is 7.86. The summed E-state index contributed by atoms with van der Waals surface area (Å²) in [5, 5.41) is 1.53. The van der Waals surface area contributed by atoms with Crippen molar-refractivity contribution in [2.24, 2.45) is 52.3 Å². The minimum Gasteiger partial charge on any atom is -0.748 e. The Labute approximate surface area is 833 Å². The van der Waals surface area contributed by atoms with Crippen LogP contribution < -0.4 is 23.7 Å². The van der Waals surface area contributed by atoms with Crippen molar-refractivity contribution < 1.29 is 165 Å². The lowest BCUT2D eigenvalue weighted by Gasteiger charge is -2.55. The minimum absolute atomic E-state index is 0.00794. The van der Waals surface area contributed by atoms with Crippen LogP contribution in [-0.2, 0) is 125 Å². The zero-order valence-electron chi connectivity index (χ0n) is 77.2. The third-order valence-electron chi connectivity index (χ3n) is 25.2. The van der Waals surface area contributed by atoms with Gasteiger partial charge in [0, 0.05) is 11.8 Å². The SMILES string of the molecule is [B]Cc1ccc(C(=O)OCCS(=O)(=O)[O-])c(OC(=O)C23CC4CC(C2)C(=O)C(C4)C3)c1.[B]Cc1ccc(C(=O)OCCS(=O)(=O)[O-])c(OC(=O)C23CC4CC(CC(C4)C2)C3)c1.[B]Cc1ccc(C(=O)OCCS(=O)(=O)[O-])c(OC(=O)C2CCCCC2)c1.[B]Cc1ccc(C(=O)OCCS(=O)(=O)[O-])c(OC(=O)c2cccc3ccccc23)c1.[B]Cc1ccc(C(=O)OCCS(=O)(=O)[O-])c(OC(=O)c2ccccc2)c1. The fourth-order valence-electron chi connectivity index (χ4n) is 18.9. The van der Waals surface area contributed by atoms with Crippen molar-refractivity contribution in [3.63, 3.8) is 0 Å². The van der Waals surface area contributed by atoms with E-state index >= 15 is 0 Å². The van der Waals surface area contributed by atoms with Crippen LogP contribution in [0.2, 0.25) is 0 Å². The molecule has 0 saturated heterocycles. The van der Waals surface area contributed by atoms with Gasteiger partial charge in [0.15, 0.2) is 0 Å². The molecule has 10 radical (unpaired) electrons. The molecular weight excluding hydrogens is 1960 g/mol. The van der Waals surface area contributed by atoms with Gasteiger partial charge in [0.1, 0.15) is 95.4 Å². The number of hydrogen-bond acceptors (Lipinski definition) is 36. The highest BCUT2D eigenvalue weighted by Crippen LogP contribution is 2.61. The topological polar surface area (TPSA) is 566 Å². The van der Waals surface area contributed by atoms with Gasteiger partial charge in [0.2, 0.25) is 0 Å². The smallest absolute Gasteiger partial charge is 0.344 e. The van der Waals surface area contributed by atoms with Crippen molar-refractivity contribution in [3.05, 3.63) is 231 Å². The predicted molar refractivity (Wildman–Crippen MR) is 509 cm³/mol. The Hall–Kier alpha value is -11.7. The normalized spacial score (nSPS) is 19.7. The van der Waals surface area contributed by atoms with E-state index in [-0.39, 0.29) is 123 Å². The minimum atomic E-state index is -4.53. The number of esters is 10. The average molecular weight is 2050 g/mol. The molecule has 0 aliphatic heterocycles. The number of carbonyl (C=O) groups excluding carboxylic acids is 11. The Morgan fingerprint density at radius 2 is 0.601 bits per heavy atom. The lowest BCUT2D eigenvalue weighted by atomic mass is 9.49. The van der Waals surface area contributed by atoms with Crippen LogP contribution in [0.4, 0.5) is 0 Å². The first-order valence-electron chi connectivity index (χ1n) is 45.5. The largest absolute Gasteiger partial charge is 0.748 e. The molecule has 2 atom stereocenters. The van der Waals surface area contributed by atoms with Crippen LogP contribution in [0.5, 0.6) is 28.7 Å². The number of rotatable bonds is 35. The van der Waals surface area contributed by atoms with Gasteiger partial charge in [-0.15, -0.1) is 0 Å². The zero-order chi connectivity index (χ0) is 104. The number of Topliss-reactive ketones (excluding diaryl/α,β-unsaturated/α-hetero) is 1. The van der Waals surface area contributed by atoms with Crippen molar-refractivity contribution in [1.82, 2.24) is 0 Å². The van der Waals surface area contributed by atoms with Gasteiger partial charge < -0.3 is 70.1 Å². The fourth-order valence-corrected chi connectivity index (χ4v) is 20.3. The van der Waals surface area contributed by atoms with E-state index < -0.39 is 177 Å². The molecule has 8 bridgehead atoms. The molecule has 143 heavy (non-hydrogen) atoms. The molecule has 0 heterocycles. The molecule has 0 N–H and O–H groups in total. The molecule has 9 saturated carbocycles. The van der Waals surface area contributed by atoms with E-state index in [1.54, 1.807) is 91.0 Å². The molecule has 17 rings (SSSR count). The summed E-state index contributed by atoms with van der Waals surface area (Å²) in [6, 6.07) is 42.8. The number of hydrogen-bond donors (Lipinski definition) is 0. The maximum Gasteiger partial charge on any atom is 0.344 e. The highest BCUT2D eigenvalue weighted by Gasteiger charge is 2.60. The van der Waals surface area contributed by atoms with Crippen LogP contribution in [0.25, 0.3) is 10.8 Å². The van der Waals surface area contributed by atoms with Crippen molar-refractivity contribution in [1.29, 1.82) is 0 Å². The van der Waals surface area contributed by atoms with E-state index in [4.69, 9.17) is 86.6 Å². The first kappa shape index (κ1) is 112. The van der Waals surface area contributed by atoms with Crippen molar-refractivity contribution in [3.8, 4) is 28.7 Å². The summed E-state index contributed by atoms with van der Waals surface area (Å²) in [7, 11) is 5.59. The number of carbonyl (C=O) groups is 11. The van der Waals surface area contributed by atoms with Crippen LogP contribution in [0.3, 0.4) is 0 Å². The monoisotopic (exact) mass is 2050 g/mol. The second-order valence-corrected chi connectivity index (χ2v) is 43.2. The third kappa shape index (κ3) is 32.4. The second-order valence-electron chi connectivity index (χ2n) is 35.6. The first-order chi connectivity index (χ1) is 67.6. The molecule has 8 aromatic carbocycles. The molecule has 9 aliphatic rings. The van der Waals surface area contributed by atoms with Gasteiger partial charge in [-0.3, -0.25) is 19.2 Å². The van der Waals surface area contributed by atoms with Gasteiger partial charge in [0.25, 0.3) is 0 Å². The molecule has 0 amide bonds. The average Bonchev–Trinajstić information content (AvgIpc) is 0.730. The molecule has 2 unspecified atom stereocenters. The Bertz CT molecular complexity index is 6620. The van der Waals surface area contributed by atoms with Gasteiger partial charge in [-0.25, -0.2) is 75.7 Å². The third-order valence-corrected chi connectivity index (χ3v) is 28.6. The summed E-state index contributed by atoms with van der Waals surface area (Å²) in [5.74, 6) is -9.45. The Morgan fingerprint density at radius 1 is 0.308 bits per heavy atom. The lowest BCUT2D eigenvalue weighted by Crippen LogP contribution is -2.55. The molecule has 36 nitrogen and oxygen atoms in total. The summed E-state index contributed by atoms with van der Waals surface area (Å²) in [5.41, 5.74) is 2.29. The number of ketones is 1. The van der Waals surface area contributed by atoms with Crippen LogP contribution in [-0.4, -0.2) is 231 Å². The number of fused-ring (bicyclic) bond motifs is 1.